The van der Waals surface area contributed by atoms with Gasteiger partial charge in [0.1, 0.15) is 28.7 Å². The summed E-state index contributed by atoms with van der Waals surface area (Å²) >= 11 is 0. The van der Waals surface area contributed by atoms with E-state index < -0.39 is 30.2 Å². The molecule has 0 bridgehead atoms. The number of halogens is 1. The van der Waals surface area contributed by atoms with Crippen LogP contribution >= 0.6 is 0 Å². The van der Waals surface area contributed by atoms with E-state index in [0.29, 0.717) is 22.8 Å². The molecule has 0 aliphatic carbocycles. The number of pyridine rings is 1. The highest BCUT2D eigenvalue weighted by Crippen LogP contribution is 2.30. The predicted molar refractivity (Wildman–Crippen MR) is 112 cm³/mol. The third kappa shape index (κ3) is 5.16. The van der Waals surface area contributed by atoms with Gasteiger partial charge in [-0.3, -0.25) is 9.59 Å². The highest BCUT2D eigenvalue weighted by atomic mass is 19.1. The number of hydrogen-bond donors (Lipinski definition) is 2. The van der Waals surface area contributed by atoms with Gasteiger partial charge < -0.3 is 19.9 Å². The summed E-state index contributed by atoms with van der Waals surface area (Å²) in [5.41, 5.74) is 1.25. The largest absolute Gasteiger partial charge is 0.497 e. The summed E-state index contributed by atoms with van der Waals surface area (Å²) in [6.07, 6.45) is -0.478. The Bertz CT molecular complexity index is 1090. The molecule has 0 aliphatic rings. The van der Waals surface area contributed by atoms with Crippen LogP contribution in [0.3, 0.4) is 0 Å². The van der Waals surface area contributed by atoms with Crippen molar-refractivity contribution >= 4 is 11.9 Å². The third-order valence-corrected chi connectivity index (χ3v) is 4.64. The van der Waals surface area contributed by atoms with Crippen LogP contribution in [0.2, 0.25) is 0 Å². The first-order chi connectivity index (χ1) is 14.9. The van der Waals surface area contributed by atoms with Crippen LogP contribution in [0.5, 0.6) is 11.5 Å². The normalized spacial score (nSPS) is 11.5. The van der Waals surface area contributed by atoms with Gasteiger partial charge in [-0.05, 0) is 42.5 Å². The van der Waals surface area contributed by atoms with E-state index in [4.69, 9.17) is 9.47 Å². The van der Waals surface area contributed by atoms with E-state index in [1.54, 1.807) is 43.5 Å². The average Bonchev–Trinajstić information content (AvgIpc) is 2.78. The van der Waals surface area contributed by atoms with Crippen LogP contribution in [-0.4, -0.2) is 36.2 Å². The Balaban J connectivity index is 1.92. The van der Waals surface area contributed by atoms with Gasteiger partial charge in [-0.1, -0.05) is 18.2 Å². The number of carboxylic acid groups (broad SMARTS) is 1. The van der Waals surface area contributed by atoms with E-state index >= 15 is 0 Å². The van der Waals surface area contributed by atoms with Crippen molar-refractivity contribution < 1.29 is 28.6 Å². The maximum atomic E-state index is 14.2. The molecule has 2 aromatic carbocycles. The fourth-order valence-electron chi connectivity index (χ4n) is 3.10. The molecule has 8 heteroatoms. The summed E-state index contributed by atoms with van der Waals surface area (Å²) in [5, 5.41) is 11.8. The molecule has 3 aromatic rings. The van der Waals surface area contributed by atoms with Crippen LogP contribution in [0.25, 0.3) is 11.3 Å². The van der Waals surface area contributed by atoms with E-state index in [0.717, 1.165) is 0 Å². The van der Waals surface area contributed by atoms with Gasteiger partial charge in [-0.25, -0.2) is 9.37 Å². The third-order valence-electron chi connectivity index (χ3n) is 4.64. The number of ether oxygens (including phenoxy) is 2. The number of aliphatic carboxylic acids is 1. The average molecular weight is 424 g/mol. The molecule has 0 unspecified atom stereocenters. The fraction of sp³-hybridized carbons (Fsp3) is 0.174. The quantitative estimate of drug-likeness (QED) is 0.570. The van der Waals surface area contributed by atoms with Gasteiger partial charge >= 0.3 is 5.97 Å². The monoisotopic (exact) mass is 424 g/mol. The second kappa shape index (κ2) is 9.71. The van der Waals surface area contributed by atoms with Gasteiger partial charge in [-0.2, -0.15) is 0 Å². The zero-order valence-electron chi connectivity index (χ0n) is 17.0. The molecule has 0 aliphatic heterocycles. The summed E-state index contributed by atoms with van der Waals surface area (Å²) in [4.78, 5) is 28.5. The second-order valence-electron chi connectivity index (χ2n) is 6.62. The van der Waals surface area contributed by atoms with E-state index in [-0.39, 0.29) is 11.3 Å². The summed E-state index contributed by atoms with van der Waals surface area (Å²) in [7, 11) is 3.05. The molecule has 0 saturated carbocycles. The number of amides is 1. The zero-order chi connectivity index (χ0) is 22.4. The fourth-order valence-corrected chi connectivity index (χ4v) is 3.10. The molecule has 0 spiro atoms. The Morgan fingerprint density at radius 2 is 1.74 bits per heavy atom. The number of rotatable bonds is 8. The Morgan fingerprint density at radius 3 is 2.35 bits per heavy atom. The van der Waals surface area contributed by atoms with Crippen molar-refractivity contribution in [2.24, 2.45) is 0 Å². The van der Waals surface area contributed by atoms with Crippen molar-refractivity contribution in [2.75, 3.05) is 14.2 Å². The standard InChI is InChI=1S/C23H21FN2O5/c1-30-15-9-7-14(8-10-15)22-20(31-2)12-11-18(25-22)23(29)26-19(13-21(27)28)16-5-3-4-6-17(16)24/h3-12,19H,13H2,1-2H3,(H,26,29)(H,27,28)/t19-/m0/s1. The molecule has 7 nitrogen and oxygen atoms in total. The lowest BCUT2D eigenvalue weighted by Gasteiger charge is -2.18. The summed E-state index contributed by atoms with van der Waals surface area (Å²) in [6.45, 7) is 0. The lowest BCUT2D eigenvalue weighted by atomic mass is 10.0. The van der Waals surface area contributed by atoms with E-state index in [2.05, 4.69) is 10.3 Å². The number of carboxylic acids is 1. The molecular formula is C23H21FN2O5. The minimum atomic E-state index is -1.17. The highest BCUT2D eigenvalue weighted by molar-refractivity contribution is 5.93. The molecular weight excluding hydrogens is 403 g/mol. The van der Waals surface area contributed by atoms with Gasteiger partial charge in [0.15, 0.2) is 0 Å². The molecule has 160 valence electrons. The van der Waals surface area contributed by atoms with Crippen LogP contribution in [0.15, 0.2) is 60.7 Å². The van der Waals surface area contributed by atoms with Crippen molar-refractivity contribution in [3.8, 4) is 22.8 Å². The smallest absolute Gasteiger partial charge is 0.305 e. The van der Waals surface area contributed by atoms with E-state index in [1.807, 2.05) is 0 Å². The molecule has 3 rings (SSSR count). The van der Waals surface area contributed by atoms with Crippen molar-refractivity contribution in [3.05, 3.63) is 77.7 Å². The first kappa shape index (κ1) is 21.8. The van der Waals surface area contributed by atoms with Gasteiger partial charge in [0.05, 0.1) is 26.7 Å². The van der Waals surface area contributed by atoms with Crippen LogP contribution in [0.1, 0.15) is 28.5 Å². The zero-order valence-corrected chi connectivity index (χ0v) is 17.0. The number of nitrogens with zero attached hydrogens (tertiary/aromatic N) is 1. The number of aromatic nitrogens is 1. The number of nitrogens with one attached hydrogen (secondary N) is 1. The Morgan fingerprint density at radius 1 is 1.03 bits per heavy atom. The van der Waals surface area contributed by atoms with Crippen LogP contribution in [0, 0.1) is 5.82 Å². The van der Waals surface area contributed by atoms with Crippen LogP contribution < -0.4 is 14.8 Å². The molecule has 31 heavy (non-hydrogen) atoms. The SMILES string of the molecule is COc1ccc(-c2nc(C(=O)N[C@@H](CC(=O)O)c3ccccc3F)ccc2OC)cc1. The maximum Gasteiger partial charge on any atom is 0.305 e. The first-order valence-corrected chi connectivity index (χ1v) is 9.39. The van der Waals surface area contributed by atoms with E-state index in [1.165, 1.54) is 31.4 Å². The van der Waals surface area contributed by atoms with Crippen molar-refractivity contribution in [2.45, 2.75) is 12.5 Å². The molecule has 1 heterocycles. The second-order valence-corrected chi connectivity index (χ2v) is 6.62. The van der Waals surface area contributed by atoms with Crippen LogP contribution in [-0.2, 0) is 4.79 Å². The lowest BCUT2D eigenvalue weighted by molar-refractivity contribution is -0.137. The summed E-state index contributed by atoms with van der Waals surface area (Å²) < 4.78 is 24.7. The molecule has 0 fully saturated rings. The van der Waals surface area contributed by atoms with Gasteiger partial charge in [0.2, 0.25) is 0 Å². The predicted octanol–water partition coefficient (Wildman–Crippen LogP) is 3.85. The number of carbonyl (C=O) groups is 2. The molecule has 0 radical (unpaired) electrons. The topological polar surface area (TPSA) is 97.8 Å². The molecule has 1 aromatic heterocycles. The number of hydrogen-bond acceptors (Lipinski definition) is 5. The van der Waals surface area contributed by atoms with Crippen molar-refractivity contribution in [3.63, 3.8) is 0 Å². The number of carbonyl (C=O) groups excluding carboxylic acids is 1. The van der Waals surface area contributed by atoms with Crippen molar-refractivity contribution in [1.29, 1.82) is 0 Å². The molecule has 2 N–H and O–H groups in total. The van der Waals surface area contributed by atoms with Crippen molar-refractivity contribution in [1.82, 2.24) is 10.3 Å². The molecule has 1 atom stereocenters. The lowest BCUT2D eigenvalue weighted by Crippen LogP contribution is -2.31. The highest BCUT2D eigenvalue weighted by Gasteiger charge is 2.23. The summed E-state index contributed by atoms with van der Waals surface area (Å²) in [5.74, 6) is -1.28. The number of benzene rings is 2. The Kier molecular flexibility index (Phi) is 6.81. The minimum absolute atomic E-state index is 0.0401. The Hall–Kier alpha value is -3.94. The number of methoxy groups -OCH3 is 2. The van der Waals surface area contributed by atoms with Gasteiger partial charge in [0.25, 0.3) is 5.91 Å². The maximum absolute atomic E-state index is 14.2. The first-order valence-electron chi connectivity index (χ1n) is 9.39. The van der Waals surface area contributed by atoms with Crippen LogP contribution in [0.4, 0.5) is 4.39 Å². The minimum Gasteiger partial charge on any atom is -0.497 e. The Labute approximate surface area is 178 Å². The van der Waals surface area contributed by atoms with Gasteiger partial charge in [0, 0.05) is 11.1 Å². The summed E-state index contributed by atoms with van der Waals surface area (Å²) in [6, 6.07) is 14.8. The molecule has 0 saturated heterocycles. The van der Waals surface area contributed by atoms with E-state index in [9.17, 15) is 19.1 Å². The molecule has 1 amide bonds. The van der Waals surface area contributed by atoms with Gasteiger partial charge in [-0.15, -0.1) is 0 Å².